The second-order valence-corrected chi connectivity index (χ2v) is 6.66. The number of nitrogens with zero attached hydrogens (tertiary/aromatic N) is 1. The minimum atomic E-state index is -0.537. The number of ether oxygens (including phenoxy) is 1. The Labute approximate surface area is 155 Å². The number of hydrogen-bond donors (Lipinski definition) is 3. The van der Waals surface area contributed by atoms with Gasteiger partial charge >= 0.3 is 0 Å². The van der Waals surface area contributed by atoms with Crippen molar-refractivity contribution in [2.45, 2.75) is 26.7 Å². The molecule has 1 heterocycles. The smallest absolute Gasteiger partial charge is 0.238 e. The lowest BCUT2D eigenvalue weighted by molar-refractivity contribution is -0.125. The van der Waals surface area contributed by atoms with E-state index in [1.165, 1.54) is 0 Å². The van der Waals surface area contributed by atoms with Crippen LogP contribution < -0.4 is 16.4 Å². The van der Waals surface area contributed by atoms with Gasteiger partial charge < -0.3 is 21.1 Å². The van der Waals surface area contributed by atoms with E-state index in [1.54, 1.807) is 24.3 Å². The van der Waals surface area contributed by atoms with Crippen molar-refractivity contribution in [2.24, 2.45) is 11.1 Å². The monoisotopic (exact) mass is 362 g/mol. The minimum absolute atomic E-state index is 0.0530. The normalized spacial score (nSPS) is 15.5. The third-order valence-electron chi connectivity index (χ3n) is 5.12. The van der Waals surface area contributed by atoms with Gasteiger partial charge in [-0.15, -0.1) is 0 Å². The van der Waals surface area contributed by atoms with Crippen molar-refractivity contribution in [3.63, 3.8) is 0 Å². The molecule has 1 aromatic carbocycles. The van der Waals surface area contributed by atoms with Crippen LogP contribution in [0.2, 0.25) is 0 Å². The maximum Gasteiger partial charge on any atom is 0.238 e. The summed E-state index contributed by atoms with van der Waals surface area (Å²) in [6, 6.07) is 7.15. The standard InChI is InChI=1S/C19H30N4O3/c1-3-19(4-2,14-20)18(25)22-16-7-5-15(6-8-16)21-17(24)13-23-9-11-26-12-10-23/h5-8H,3-4,9-14,20H2,1-2H3,(H,21,24)(H,22,25). The van der Waals surface area contributed by atoms with Crippen LogP contribution in [0.25, 0.3) is 0 Å². The van der Waals surface area contributed by atoms with E-state index in [1.807, 2.05) is 13.8 Å². The molecule has 0 aliphatic carbocycles. The van der Waals surface area contributed by atoms with Gasteiger partial charge in [0.1, 0.15) is 0 Å². The van der Waals surface area contributed by atoms with E-state index < -0.39 is 5.41 Å². The Bertz CT molecular complexity index is 585. The fourth-order valence-electron chi connectivity index (χ4n) is 3.02. The van der Waals surface area contributed by atoms with Crippen molar-refractivity contribution in [3.8, 4) is 0 Å². The van der Waals surface area contributed by atoms with Gasteiger partial charge in [-0.25, -0.2) is 0 Å². The third-order valence-corrected chi connectivity index (χ3v) is 5.12. The number of nitrogens with two attached hydrogens (primary N) is 1. The van der Waals surface area contributed by atoms with E-state index in [-0.39, 0.29) is 11.8 Å². The average Bonchev–Trinajstić information content (AvgIpc) is 2.66. The van der Waals surface area contributed by atoms with Crippen LogP contribution in [0.3, 0.4) is 0 Å². The number of nitrogens with one attached hydrogen (secondary N) is 2. The average molecular weight is 362 g/mol. The molecule has 2 amide bonds. The highest BCUT2D eigenvalue weighted by molar-refractivity contribution is 5.96. The molecule has 0 radical (unpaired) electrons. The Kier molecular flexibility index (Phi) is 7.56. The quantitative estimate of drug-likeness (QED) is 0.653. The van der Waals surface area contributed by atoms with Crippen LogP contribution in [0.15, 0.2) is 24.3 Å². The first-order valence-corrected chi connectivity index (χ1v) is 9.24. The van der Waals surface area contributed by atoms with Gasteiger partial charge in [0.15, 0.2) is 0 Å². The summed E-state index contributed by atoms with van der Waals surface area (Å²) in [5.74, 6) is -0.114. The van der Waals surface area contributed by atoms with E-state index in [9.17, 15) is 9.59 Å². The van der Waals surface area contributed by atoms with Crippen molar-refractivity contribution in [1.29, 1.82) is 0 Å². The molecule has 1 saturated heterocycles. The SMILES string of the molecule is CCC(CC)(CN)C(=O)Nc1ccc(NC(=O)CN2CCOCC2)cc1. The van der Waals surface area contributed by atoms with Gasteiger partial charge in [-0.1, -0.05) is 13.8 Å². The number of carbonyl (C=O) groups excluding carboxylic acids is 2. The fraction of sp³-hybridized carbons (Fsp3) is 0.579. The Morgan fingerprint density at radius 2 is 1.62 bits per heavy atom. The molecule has 2 rings (SSSR count). The van der Waals surface area contributed by atoms with Gasteiger partial charge in [0.05, 0.1) is 25.2 Å². The zero-order chi connectivity index (χ0) is 19.0. The second-order valence-electron chi connectivity index (χ2n) is 6.66. The summed E-state index contributed by atoms with van der Waals surface area (Å²) in [6.07, 6.45) is 1.39. The van der Waals surface area contributed by atoms with Gasteiger partial charge in [-0.2, -0.15) is 0 Å². The molecule has 7 heteroatoms. The zero-order valence-electron chi connectivity index (χ0n) is 15.7. The molecule has 1 aliphatic heterocycles. The lowest BCUT2D eigenvalue weighted by Crippen LogP contribution is -2.41. The van der Waals surface area contributed by atoms with Crippen molar-refractivity contribution in [2.75, 3.05) is 50.0 Å². The number of benzene rings is 1. The molecule has 0 atom stereocenters. The largest absolute Gasteiger partial charge is 0.379 e. The van der Waals surface area contributed by atoms with Crippen molar-refractivity contribution >= 4 is 23.2 Å². The van der Waals surface area contributed by atoms with Crippen LogP contribution in [0.4, 0.5) is 11.4 Å². The van der Waals surface area contributed by atoms with E-state index >= 15 is 0 Å². The Hall–Kier alpha value is -1.96. The number of anilines is 2. The number of amides is 2. The summed E-state index contributed by atoms with van der Waals surface area (Å²) in [5.41, 5.74) is 6.68. The molecule has 144 valence electrons. The number of rotatable bonds is 8. The number of morpholine rings is 1. The van der Waals surface area contributed by atoms with Gasteiger partial charge in [-0.05, 0) is 37.1 Å². The van der Waals surface area contributed by atoms with Crippen molar-refractivity contribution in [1.82, 2.24) is 4.90 Å². The maximum atomic E-state index is 12.5. The summed E-state index contributed by atoms with van der Waals surface area (Å²) < 4.78 is 5.28. The molecule has 4 N–H and O–H groups in total. The van der Waals surface area contributed by atoms with Crippen LogP contribution in [-0.4, -0.2) is 56.1 Å². The maximum absolute atomic E-state index is 12.5. The highest BCUT2D eigenvalue weighted by Crippen LogP contribution is 2.27. The van der Waals surface area contributed by atoms with Crippen LogP contribution in [0.5, 0.6) is 0 Å². The molecule has 0 spiro atoms. The summed E-state index contributed by atoms with van der Waals surface area (Å²) in [5, 5.41) is 5.81. The molecule has 0 saturated carbocycles. The Morgan fingerprint density at radius 3 is 2.12 bits per heavy atom. The van der Waals surface area contributed by atoms with E-state index in [0.717, 1.165) is 13.1 Å². The summed E-state index contributed by atoms with van der Waals surface area (Å²) in [6.45, 7) is 7.51. The van der Waals surface area contributed by atoms with Gasteiger partial charge in [-0.3, -0.25) is 14.5 Å². The predicted octanol–water partition coefficient (Wildman–Crippen LogP) is 1.66. The molecule has 1 fully saturated rings. The van der Waals surface area contributed by atoms with Crippen LogP contribution in [-0.2, 0) is 14.3 Å². The first-order valence-electron chi connectivity index (χ1n) is 9.24. The molecule has 1 aliphatic rings. The molecule has 0 aromatic heterocycles. The fourth-order valence-corrected chi connectivity index (χ4v) is 3.02. The predicted molar refractivity (Wildman–Crippen MR) is 103 cm³/mol. The topological polar surface area (TPSA) is 96.7 Å². The van der Waals surface area contributed by atoms with Crippen LogP contribution in [0, 0.1) is 5.41 Å². The lowest BCUT2D eigenvalue weighted by Gasteiger charge is -2.28. The summed E-state index contributed by atoms with van der Waals surface area (Å²) in [7, 11) is 0. The van der Waals surface area contributed by atoms with Crippen molar-refractivity contribution in [3.05, 3.63) is 24.3 Å². The van der Waals surface area contributed by atoms with Crippen LogP contribution in [0.1, 0.15) is 26.7 Å². The highest BCUT2D eigenvalue weighted by Gasteiger charge is 2.33. The molecule has 0 bridgehead atoms. The van der Waals surface area contributed by atoms with Gasteiger partial charge in [0, 0.05) is 31.0 Å². The van der Waals surface area contributed by atoms with Gasteiger partial charge in [0.2, 0.25) is 11.8 Å². The minimum Gasteiger partial charge on any atom is -0.379 e. The Balaban J connectivity index is 1.89. The molecule has 7 nitrogen and oxygen atoms in total. The van der Waals surface area contributed by atoms with Gasteiger partial charge in [0.25, 0.3) is 0 Å². The molecular formula is C19H30N4O3. The Morgan fingerprint density at radius 1 is 1.08 bits per heavy atom. The van der Waals surface area contributed by atoms with Crippen molar-refractivity contribution < 1.29 is 14.3 Å². The molecular weight excluding hydrogens is 332 g/mol. The third kappa shape index (κ3) is 5.27. The highest BCUT2D eigenvalue weighted by atomic mass is 16.5. The number of carbonyl (C=O) groups is 2. The lowest BCUT2D eigenvalue weighted by atomic mass is 9.81. The number of hydrogen-bond acceptors (Lipinski definition) is 5. The first kappa shape index (κ1) is 20.4. The second kappa shape index (κ2) is 9.66. The molecule has 0 unspecified atom stereocenters. The first-order chi connectivity index (χ1) is 12.5. The van der Waals surface area contributed by atoms with E-state index in [2.05, 4.69) is 15.5 Å². The van der Waals surface area contributed by atoms with E-state index in [0.29, 0.717) is 50.5 Å². The summed E-state index contributed by atoms with van der Waals surface area (Å²) >= 11 is 0. The zero-order valence-corrected chi connectivity index (χ0v) is 15.7. The van der Waals surface area contributed by atoms with Crippen LogP contribution >= 0.6 is 0 Å². The molecule has 26 heavy (non-hydrogen) atoms. The van der Waals surface area contributed by atoms with E-state index in [4.69, 9.17) is 10.5 Å². The summed E-state index contributed by atoms with van der Waals surface area (Å²) in [4.78, 5) is 26.7. The molecule has 1 aromatic rings.